The Kier molecular flexibility index (Phi) is 3.67. The smallest absolute Gasteiger partial charge is 0.251 e. The first-order valence-electron chi connectivity index (χ1n) is 6.34. The maximum atomic E-state index is 11.6. The van der Waals surface area contributed by atoms with Crippen LogP contribution in [0, 0.1) is 5.92 Å². The van der Waals surface area contributed by atoms with Crippen molar-refractivity contribution >= 4 is 11.6 Å². The highest BCUT2D eigenvalue weighted by Crippen LogP contribution is 2.29. The van der Waals surface area contributed by atoms with E-state index in [9.17, 15) is 4.79 Å². The zero-order valence-corrected chi connectivity index (χ0v) is 10.5. The molecule has 0 heterocycles. The van der Waals surface area contributed by atoms with Crippen LogP contribution >= 0.6 is 0 Å². The number of carbonyl (C=O) groups excluding carboxylic acids is 1. The zero-order valence-electron chi connectivity index (χ0n) is 10.5. The molecule has 1 aromatic carbocycles. The molecule has 1 fully saturated rings. The summed E-state index contributed by atoms with van der Waals surface area (Å²) in [5, 5.41) is 6.27. The third kappa shape index (κ3) is 2.99. The van der Waals surface area contributed by atoms with Gasteiger partial charge in [0.15, 0.2) is 0 Å². The van der Waals surface area contributed by atoms with Gasteiger partial charge in [-0.3, -0.25) is 4.79 Å². The Morgan fingerprint density at radius 2 is 1.94 bits per heavy atom. The molecule has 2 N–H and O–H groups in total. The highest BCUT2D eigenvalue weighted by molar-refractivity contribution is 5.94. The van der Waals surface area contributed by atoms with Crippen molar-refractivity contribution in [2.75, 3.05) is 11.9 Å². The number of rotatable bonds is 4. The summed E-state index contributed by atoms with van der Waals surface area (Å²) in [6.07, 6.45) is 2.50. The number of benzene rings is 1. The number of hydrogen-bond donors (Lipinski definition) is 2. The van der Waals surface area contributed by atoms with Crippen LogP contribution in [0.15, 0.2) is 24.3 Å². The molecule has 0 unspecified atom stereocenters. The topological polar surface area (TPSA) is 41.1 Å². The van der Waals surface area contributed by atoms with Gasteiger partial charge in [-0.25, -0.2) is 0 Å². The van der Waals surface area contributed by atoms with Gasteiger partial charge < -0.3 is 10.6 Å². The van der Waals surface area contributed by atoms with Gasteiger partial charge in [0, 0.05) is 23.8 Å². The lowest BCUT2D eigenvalue weighted by Gasteiger charge is -2.34. The Hall–Kier alpha value is -1.51. The molecule has 3 nitrogen and oxygen atoms in total. The van der Waals surface area contributed by atoms with Gasteiger partial charge in [0.1, 0.15) is 0 Å². The average Bonchev–Trinajstić information content (AvgIpc) is 2.28. The molecule has 0 saturated heterocycles. The summed E-state index contributed by atoms with van der Waals surface area (Å²) in [5.74, 6) is 0.846. The van der Waals surface area contributed by atoms with Gasteiger partial charge in [-0.1, -0.05) is 6.92 Å². The summed E-state index contributed by atoms with van der Waals surface area (Å²) < 4.78 is 0. The molecule has 1 saturated carbocycles. The summed E-state index contributed by atoms with van der Waals surface area (Å²) in [6.45, 7) is 4.86. The van der Waals surface area contributed by atoms with E-state index >= 15 is 0 Å². The standard InChI is InChI=1S/C14H20N2O/c1-3-15-14(17)11-4-6-12(7-5-11)16-13-8-10(2)9-13/h4-7,10,13,16H,3,8-9H2,1-2H3,(H,15,17). The SMILES string of the molecule is CCNC(=O)c1ccc(NC2CC(C)C2)cc1. The van der Waals surface area contributed by atoms with E-state index in [0.717, 1.165) is 17.2 Å². The molecule has 2 rings (SSSR count). The van der Waals surface area contributed by atoms with Gasteiger partial charge >= 0.3 is 0 Å². The van der Waals surface area contributed by atoms with E-state index in [1.54, 1.807) is 0 Å². The zero-order chi connectivity index (χ0) is 12.3. The van der Waals surface area contributed by atoms with E-state index in [0.29, 0.717) is 12.6 Å². The summed E-state index contributed by atoms with van der Waals surface area (Å²) >= 11 is 0. The number of anilines is 1. The first-order valence-corrected chi connectivity index (χ1v) is 6.34. The summed E-state index contributed by atoms with van der Waals surface area (Å²) in [6, 6.07) is 8.31. The first kappa shape index (κ1) is 12.0. The van der Waals surface area contributed by atoms with E-state index in [2.05, 4.69) is 17.6 Å². The fourth-order valence-corrected chi connectivity index (χ4v) is 2.24. The number of carbonyl (C=O) groups is 1. The van der Waals surface area contributed by atoms with Crippen molar-refractivity contribution in [3.8, 4) is 0 Å². The van der Waals surface area contributed by atoms with Crippen LogP contribution in [0.4, 0.5) is 5.69 Å². The van der Waals surface area contributed by atoms with Gasteiger partial charge in [0.2, 0.25) is 0 Å². The lowest BCUT2D eigenvalue weighted by Crippen LogP contribution is -2.33. The van der Waals surface area contributed by atoms with Crippen molar-refractivity contribution < 1.29 is 4.79 Å². The van der Waals surface area contributed by atoms with Crippen LogP contribution in [0.2, 0.25) is 0 Å². The van der Waals surface area contributed by atoms with Crippen molar-refractivity contribution in [1.82, 2.24) is 5.32 Å². The molecule has 0 bridgehead atoms. The van der Waals surface area contributed by atoms with Gasteiger partial charge in [-0.05, 0) is 49.9 Å². The molecule has 1 aliphatic carbocycles. The summed E-state index contributed by atoms with van der Waals surface area (Å²) in [7, 11) is 0. The van der Waals surface area contributed by atoms with Crippen LogP contribution in [0.3, 0.4) is 0 Å². The van der Waals surface area contributed by atoms with E-state index in [1.807, 2.05) is 31.2 Å². The van der Waals surface area contributed by atoms with Crippen molar-refractivity contribution in [2.24, 2.45) is 5.92 Å². The minimum absolute atomic E-state index is 0.00341. The van der Waals surface area contributed by atoms with E-state index < -0.39 is 0 Å². The summed E-state index contributed by atoms with van der Waals surface area (Å²) in [4.78, 5) is 11.6. The molecular formula is C14H20N2O. The van der Waals surface area contributed by atoms with E-state index in [4.69, 9.17) is 0 Å². The predicted molar refractivity (Wildman–Crippen MR) is 70.3 cm³/mol. The number of amides is 1. The molecule has 3 heteroatoms. The molecule has 1 aliphatic rings. The van der Waals surface area contributed by atoms with Crippen LogP contribution in [-0.2, 0) is 0 Å². The predicted octanol–water partition coefficient (Wildman–Crippen LogP) is 2.65. The molecule has 17 heavy (non-hydrogen) atoms. The Balaban J connectivity index is 1.91. The van der Waals surface area contributed by atoms with E-state index in [1.165, 1.54) is 12.8 Å². The molecule has 0 radical (unpaired) electrons. The lowest BCUT2D eigenvalue weighted by atomic mass is 9.82. The van der Waals surface area contributed by atoms with Crippen molar-refractivity contribution in [2.45, 2.75) is 32.7 Å². The second kappa shape index (κ2) is 5.21. The van der Waals surface area contributed by atoms with Crippen molar-refractivity contribution in [3.63, 3.8) is 0 Å². The fourth-order valence-electron chi connectivity index (χ4n) is 2.24. The molecule has 0 aromatic heterocycles. The van der Waals surface area contributed by atoms with Crippen molar-refractivity contribution in [1.29, 1.82) is 0 Å². The quantitative estimate of drug-likeness (QED) is 0.838. The number of nitrogens with one attached hydrogen (secondary N) is 2. The Morgan fingerprint density at radius 1 is 1.29 bits per heavy atom. The highest BCUT2D eigenvalue weighted by atomic mass is 16.1. The monoisotopic (exact) mass is 232 g/mol. The van der Waals surface area contributed by atoms with Crippen LogP contribution in [0.25, 0.3) is 0 Å². The van der Waals surface area contributed by atoms with Crippen LogP contribution in [0.1, 0.15) is 37.0 Å². The molecule has 1 amide bonds. The molecule has 92 valence electrons. The molecule has 1 aromatic rings. The van der Waals surface area contributed by atoms with Gasteiger partial charge in [-0.2, -0.15) is 0 Å². The largest absolute Gasteiger partial charge is 0.382 e. The second-order valence-corrected chi connectivity index (χ2v) is 4.85. The number of hydrogen-bond acceptors (Lipinski definition) is 2. The lowest BCUT2D eigenvalue weighted by molar-refractivity contribution is 0.0956. The third-order valence-corrected chi connectivity index (χ3v) is 3.23. The van der Waals surface area contributed by atoms with Gasteiger partial charge in [0.25, 0.3) is 5.91 Å². The first-order chi connectivity index (χ1) is 8.19. The Labute approximate surface area is 103 Å². The minimum atomic E-state index is -0.00341. The minimum Gasteiger partial charge on any atom is -0.382 e. The second-order valence-electron chi connectivity index (χ2n) is 4.85. The molecule has 0 atom stereocenters. The molecule has 0 spiro atoms. The Bertz CT molecular complexity index is 380. The molecule has 0 aliphatic heterocycles. The highest BCUT2D eigenvalue weighted by Gasteiger charge is 2.24. The van der Waals surface area contributed by atoms with E-state index in [-0.39, 0.29) is 5.91 Å². The van der Waals surface area contributed by atoms with Crippen LogP contribution < -0.4 is 10.6 Å². The van der Waals surface area contributed by atoms with Crippen LogP contribution in [-0.4, -0.2) is 18.5 Å². The maximum absolute atomic E-state index is 11.6. The van der Waals surface area contributed by atoms with Crippen molar-refractivity contribution in [3.05, 3.63) is 29.8 Å². The maximum Gasteiger partial charge on any atom is 0.251 e. The van der Waals surface area contributed by atoms with Crippen LogP contribution in [0.5, 0.6) is 0 Å². The Morgan fingerprint density at radius 3 is 2.47 bits per heavy atom. The average molecular weight is 232 g/mol. The normalized spacial score (nSPS) is 22.7. The van der Waals surface area contributed by atoms with Gasteiger partial charge in [0.05, 0.1) is 0 Å². The summed E-state index contributed by atoms with van der Waals surface area (Å²) in [5.41, 5.74) is 1.83. The van der Waals surface area contributed by atoms with Gasteiger partial charge in [-0.15, -0.1) is 0 Å². The molecular weight excluding hydrogens is 212 g/mol. The third-order valence-electron chi connectivity index (χ3n) is 3.23. The fraction of sp³-hybridized carbons (Fsp3) is 0.500.